The molecule has 74 heavy (non-hydrogen) atoms. The molecule has 0 aromatic heterocycles. The number of nitrogens with zero attached hydrogens (tertiary/aromatic N) is 1. The normalized spacial score (nSPS) is 14.1. The lowest BCUT2D eigenvalue weighted by Gasteiger charge is -2.30. The Balaban J connectivity index is 5.25. The van der Waals surface area contributed by atoms with E-state index in [2.05, 4.69) is 74.7 Å². The lowest BCUT2D eigenvalue weighted by molar-refractivity contribution is -0.870. The zero-order chi connectivity index (χ0) is 54.3. The third-order valence-corrected chi connectivity index (χ3v) is 14.6. The van der Waals surface area contributed by atoms with E-state index in [1.807, 2.05) is 33.3 Å². The van der Waals surface area contributed by atoms with Gasteiger partial charge in [-0.15, -0.1) is 0 Å². The van der Waals surface area contributed by atoms with Crippen LogP contribution in [-0.4, -0.2) is 69.4 Å². The third-order valence-electron chi connectivity index (χ3n) is 13.7. The van der Waals surface area contributed by atoms with Crippen molar-refractivity contribution in [2.45, 2.75) is 296 Å². The van der Waals surface area contributed by atoms with Gasteiger partial charge < -0.3 is 28.5 Å². The summed E-state index contributed by atoms with van der Waals surface area (Å²) in [7, 11) is 1.18. The predicted octanol–water partition coefficient (Wildman–Crippen LogP) is 18.4. The van der Waals surface area contributed by atoms with Gasteiger partial charge in [0.25, 0.3) is 7.82 Å². The van der Waals surface area contributed by atoms with Gasteiger partial charge in [-0.05, 0) is 96.0 Å². The topological polar surface area (TPSA) is 114 Å². The number of ether oxygens (including phenoxy) is 1. The molecule has 0 aliphatic heterocycles. The molecule has 0 aromatic rings. The molecule has 9 nitrogen and oxygen atoms in total. The summed E-state index contributed by atoms with van der Waals surface area (Å²) in [6, 6.07) is -0.894. The summed E-state index contributed by atoms with van der Waals surface area (Å²) in [5, 5.41) is 3.03. The van der Waals surface area contributed by atoms with E-state index in [9.17, 15) is 19.0 Å². The van der Waals surface area contributed by atoms with Gasteiger partial charge in [0.15, 0.2) is 0 Å². The largest absolute Gasteiger partial charge is 0.756 e. The van der Waals surface area contributed by atoms with Crippen LogP contribution in [0.2, 0.25) is 0 Å². The summed E-state index contributed by atoms with van der Waals surface area (Å²) in [4.78, 5) is 40.0. The Labute approximate surface area is 458 Å². The molecule has 0 rings (SSSR count). The van der Waals surface area contributed by atoms with Gasteiger partial charge in [0.05, 0.1) is 33.8 Å². The van der Waals surface area contributed by atoms with E-state index in [0.717, 1.165) is 96.3 Å². The van der Waals surface area contributed by atoms with Gasteiger partial charge in [0, 0.05) is 12.8 Å². The van der Waals surface area contributed by atoms with E-state index in [1.54, 1.807) is 0 Å². The van der Waals surface area contributed by atoms with Crippen molar-refractivity contribution in [2.75, 3.05) is 40.9 Å². The smallest absolute Gasteiger partial charge is 0.306 e. The highest BCUT2D eigenvalue weighted by Gasteiger charge is 2.27. The van der Waals surface area contributed by atoms with E-state index >= 15 is 0 Å². The fraction of sp³-hybridized carbons (Fsp3) is 0.812. The van der Waals surface area contributed by atoms with Crippen molar-refractivity contribution in [3.8, 4) is 0 Å². The van der Waals surface area contributed by atoms with Crippen molar-refractivity contribution in [3.63, 3.8) is 0 Å². The highest BCUT2D eigenvalue weighted by molar-refractivity contribution is 7.45. The summed E-state index contributed by atoms with van der Waals surface area (Å²) in [6.07, 6.45) is 67.5. The van der Waals surface area contributed by atoms with Crippen LogP contribution in [0, 0.1) is 0 Å². The number of likely N-dealkylation sites (N-methyl/N-ethyl adjacent to an activating group) is 1. The van der Waals surface area contributed by atoms with Crippen LogP contribution in [0.15, 0.2) is 60.8 Å². The Hall–Kier alpha value is -2.29. The second kappa shape index (κ2) is 54.1. The molecule has 0 aliphatic rings. The fourth-order valence-corrected chi connectivity index (χ4v) is 9.54. The number of esters is 1. The fourth-order valence-electron chi connectivity index (χ4n) is 8.82. The first-order chi connectivity index (χ1) is 35.9. The molecular formula is C64H119N2O7P. The Bertz CT molecular complexity index is 1450. The maximum atomic E-state index is 13.5. The van der Waals surface area contributed by atoms with Gasteiger partial charge in [-0.25, -0.2) is 0 Å². The first-order valence-corrected chi connectivity index (χ1v) is 32.6. The Morgan fingerprint density at radius 2 is 0.824 bits per heavy atom. The number of phosphoric acid groups is 1. The molecule has 0 saturated heterocycles. The second-order valence-corrected chi connectivity index (χ2v) is 23.6. The maximum Gasteiger partial charge on any atom is 0.306 e. The first kappa shape index (κ1) is 71.7. The van der Waals surface area contributed by atoms with E-state index in [-0.39, 0.29) is 24.9 Å². The average Bonchev–Trinajstić information content (AvgIpc) is 3.36. The molecule has 3 atom stereocenters. The summed E-state index contributed by atoms with van der Waals surface area (Å²) in [6.45, 7) is 6.81. The second-order valence-electron chi connectivity index (χ2n) is 22.2. The number of unbranched alkanes of at least 4 members (excludes halogenated alkanes) is 32. The maximum absolute atomic E-state index is 13.5. The minimum absolute atomic E-state index is 0.0254. The zero-order valence-corrected chi connectivity index (χ0v) is 50.2. The van der Waals surface area contributed by atoms with Crippen molar-refractivity contribution < 1.29 is 37.3 Å². The number of carbonyl (C=O) groups is 2. The summed E-state index contributed by atoms with van der Waals surface area (Å²) >= 11 is 0. The summed E-state index contributed by atoms with van der Waals surface area (Å²) < 4.78 is 30.3. The van der Waals surface area contributed by atoms with Crippen LogP contribution in [0.4, 0.5) is 0 Å². The number of allylic oxidation sites excluding steroid dienone is 9. The minimum Gasteiger partial charge on any atom is -0.756 e. The average molecular weight is 1060 g/mol. The molecule has 0 spiro atoms. The van der Waals surface area contributed by atoms with Crippen molar-refractivity contribution in [3.05, 3.63) is 60.8 Å². The minimum atomic E-state index is -4.70. The van der Waals surface area contributed by atoms with Crippen LogP contribution in [0.5, 0.6) is 0 Å². The number of hydrogen-bond donors (Lipinski definition) is 1. The first-order valence-electron chi connectivity index (χ1n) is 31.1. The van der Waals surface area contributed by atoms with Crippen molar-refractivity contribution in [2.24, 2.45) is 0 Å². The van der Waals surface area contributed by atoms with E-state index in [0.29, 0.717) is 17.4 Å². The molecule has 0 heterocycles. The van der Waals surface area contributed by atoms with Crippen LogP contribution in [0.25, 0.3) is 0 Å². The Kier molecular flexibility index (Phi) is 52.4. The lowest BCUT2D eigenvalue weighted by atomic mass is 10.0. The summed E-state index contributed by atoms with van der Waals surface area (Å²) in [5.74, 6) is -0.550. The Morgan fingerprint density at radius 1 is 0.473 bits per heavy atom. The number of carbonyl (C=O) groups excluding carboxylic acids is 2. The van der Waals surface area contributed by atoms with Crippen molar-refractivity contribution in [1.29, 1.82) is 0 Å². The number of quaternary nitrogens is 1. The highest BCUT2D eigenvalue weighted by atomic mass is 31.2. The molecule has 0 aromatic carbocycles. The molecule has 3 unspecified atom stereocenters. The number of hydrogen-bond acceptors (Lipinski definition) is 7. The zero-order valence-electron chi connectivity index (χ0n) is 49.3. The van der Waals surface area contributed by atoms with Crippen LogP contribution in [0.3, 0.4) is 0 Å². The predicted molar refractivity (Wildman–Crippen MR) is 316 cm³/mol. The summed E-state index contributed by atoms with van der Waals surface area (Å²) in [5.41, 5.74) is 0. The molecule has 0 fully saturated rings. The van der Waals surface area contributed by atoms with Gasteiger partial charge in [0.2, 0.25) is 5.91 Å². The molecule has 1 amide bonds. The molecule has 10 heteroatoms. The molecular weight excluding hydrogens is 940 g/mol. The Morgan fingerprint density at radius 3 is 1.28 bits per heavy atom. The van der Waals surface area contributed by atoms with E-state index in [4.69, 9.17) is 13.8 Å². The quantitative estimate of drug-likeness (QED) is 0.0212. The molecule has 0 radical (unpaired) electrons. The third kappa shape index (κ3) is 54.5. The lowest BCUT2D eigenvalue weighted by Crippen LogP contribution is -2.47. The van der Waals surface area contributed by atoms with Gasteiger partial charge in [-0.3, -0.25) is 14.2 Å². The van der Waals surface area contributed by atoms with Crippen LogP contribution in [-0.2, 0) is 27.9 Å². The van der Waals surface area contributed by atoms with Crippen LogP contribution in [0.1, 0.15) is 284 Å². The van der Waals surface area contributed by atoms with Crippen LogP contribution < -0.4 is 10.2 Å². The van der Waals surface area contributed by atoms with E-state index in [1.165, 1.54) is 154 Å². The van der Waals surface area contributed by atoms with Gasteiger partial charge >= 0.3 is 5.97 Å². The number of amides is 1. The van der Waals surface area contributed by atoms with Crippen molar-refractivity contribution >= 4 is 19.7 Å². The van der Waals surface area contributed by atoms with Gasteiger partial charge in [-0.1, -0.05) is 236 Å². The number of rotatable bonds is 56. The molecule has 1 N–H and O–H groups in total. The highest BCUT2D eigenvalue weighted by Crippen LogP contribution is 2.38. The van der Waals surface area contributed by atoms with Gasteiger partial charge in [0.1, 0.15) is 19.3 Å². The SMILES string of the molecule is CCCCC/C=C\C/C=C\C/C=C\CCCCCCCCCCC(=O)NC(COP(=O)([O-])OCC[N+](C)(C)C)C(/C=C\CCCCCCCCCCCC)OC(=O)CCCCCCCCC/C=C\CCCCCC. The van der Waals surface area contributed by atoms with E-state index < -0.39 is 26.6 Å². The van der Waals surface area contributed by atoms with Crippen LogP contribution >= 0.6 is 7.82 Å². The molecule has 0 aliphatic carbocycles. The molecule has 0 bridgehead atoms. The monoisotopic (exact) mass is 1060 g/mol. The van der Waals surface area contributed by atoms with Gasteiger partial charge in [-0.2, -0.15) is 0 Å². The number of nitrogens with one attached hydrogen (secondary N) is 1. The molecule has 432 valence electrons. The van der Waals surface area contributed by atoms with Crippen molar-refractivity contribution in [1.82, 2.24) is 5.32 Å². The molecule has 0 saturated carbocycles. The standard InChI is InChI=1S/C64H119N2O7P/c1-7-10-13-16-19-22-25-28-30-31-32-33-34-35-37-38-41-44-47-50-53-56-63(67)65-61(60-72-74(69,70)71-59-58-66(4,5)6)62(55-52-49-46-43-40-27-24-21-18-15-12-9-3)73-64(68)57-54-51-48-45-42-39-36-29-26-23-20-17-14-11-8-2/h19,22-23,26,28,30,32-33,52,55,61-62H,7-18,20-21,24-25,27,29,31,34-51,53-54,56-60H2,1-6H3,(H-,65,67,69,70)/b22-19-,26-23-,30-28-,33-32-,55-52-. The number of phosphoric ester groups is 1.